The van der Waals surface area contributed by atoms with Gasteiger partial charge in [0.2, 0.25) is 0 Å². The average Bonchev–Trinajstić information content (AvgIpc) is 3.67. The highest BCUT2D eigenvalue weighted by Crippen LogP contribution is 2.45. The number of hydrogen-bond acceptors (Lipinski definition) is 5. The van der Waals surface area contributed by atoms with Crippen molar-refractivity contribution in [3.63, 3.8) is 0 Å². The molecule has 3 fully saturated rings. The Bertz CT molecular complexity index is 1320. The zero-order valence-electron chi connectivity index (χ0n) is 21.3. The van der Waals surface area contributed by atoms with Crippen molar-refractivity contribution in [3.8, 4) is 11.1 Å². The Morgan fingerprint density at radius 3 is 2.11 bits per heavy atom. The lowest BCUT2D eigenvalue weighted by atomic mass is 9.84. The minimum atomic E-state index is -0.394. The molecule has 3 aliphatic heterocycles. The summed E-state index contributed by atoms with van der Waals surface area (Å²) in [7, 11) is 0. The van der Waals surface area contributed by atoms with Gasteiger partial charge in [0.25, 0.3) is 0 Å². The molecule has 0 radical (unpaired) electrons. The second-order valence-corrected chi connectivity index (χ2v) is 10.8. The number of carbonyl (C=O) groups excluding carboxylic acids is 2. The Morgan fingerprint density at radius 2 is 1.45 bits per heavy atom. The molecule has 6 nitrogen and oxygen atoms in total. The van der Waals surface area contributed by atoms with E-state index in [2.05, 4.69) is 36.4 Å². The van der Waals surface area contributed by atoms with Gasteiger partial charge in [-0.05, 0) is 54.0 Å². The fourth-order valence-corrected chi connectivity index (χ4v) is 6.98. The van der Waals surface area contributed by atoms with E-state index in [4.69, 9.17) is 14.2 Å². The Labute approximate surface area is 222 Å². The molecule has 2 unspecified atom stereocenters. The molecule has 194 valence electrons. The first-order chi connectivity index (χ1) is 18.7. The molecule has 38 heavy (non-hydrogen) atoms. The maximum Gasteiger partial charge on any atom is 0.410 e. The van der Waals surface area contributed by atoms with Gasteiger partial charge in [0.05, 0.1) is 13.2 Å². The SMILES string of the molecule is O=C(c1cccc(C2OCCO2)c1)C1CC2CCC(C1)N2C(=O)OCC1c2ccccc2-c2ccccc21. The van der Waals surface area contributed by atoms with E-state index in [1.807, 2.05) is 41.3 Å². The van der Waals surface area contributed by atoms with Gasteiger partial charge < -0.3 is 19.1 Å². The van der Waals surface area contributed by atoms with E-state index in [1.54, 1.807) is 0 Å². The van der Waals surface area contributed by atoms with Crippen molar-refractivity contribution in [2.75, 3.05) is 19.8 Å². The third-order valence-electron chi connectivity index (χ3n) is 8.72. The number of piperidine rings is 1. The smallest absolute Gasteiger partial charge is 0.410 e. The summed E-state index contributed by atoms with van der Waals surface area (Å²) in [5, 5.41) is 0. The largest absolute Gasteiger partial charge is 0.448 e. The van der Waals surface area contributed by atoms with Crippen LogP contribution in [0.3, 0.4) is 0 Å². The van der Waals surface area contributed by atoms with Crippen LogP contribution in [0.25, 0.3) is 11.1 Å². The fourth-order valence-electron chi connectivity index (χ4n) is 6.98. The Morgan fingerprint density at radius 1 is 0.816 bits per heavy atom. The number of rotatable bonds is 5. The number of hydrogen-bond donors (Lipinski definition) is 0. The van der Waals surface area contributed by atoms with Gasteiger partial charge in [-0.3, -0.25) is 4.79 Å². The van der Waals surface area contributed by atoms with Crippen LogP contribution in [-0.4, -0.2) is 48.7 Å². The maximum absolute atomic E-state index is 13.5. The monoisotopic (exact) mass is 509 g/mol. The first kappa shape index (κ1) is 23.6. The van der Waals surface area contributed by atoms with Gasteiger partial charge in [0.15, 0.2) is 12.1 Å². The number of carbonyl (C=O) groups is 2. The van der Waals surface area contributed by atoms with E-state index in [-0.39, 0.29) is 35.8 Å². The maximum atomic E-state index is 13.5. The molecule has 6 heteroatoms. The zero-order valence-corrected chi connectivity index (χ0v) is 21.3. The number of Topliss-reactive ketones (excluding diaryl/α,β-unsaturated/α-hetero) is 1. The molecule has 2 bridgehead atoms. The van der Waals surface area contributed by atoms with E-state index in [9.17, 15) is 9.59 Å². The molecule has 1 aliphatic carbocycles. The summed E-state index contributed by atoms with van der Waals surface area (Å²) in [6, 6.07) is 24.5. The lowest BCUT2D eigenvalue weighted by molar-refractivity contribution is -0.0441. The van der Waals surface area contributed by atoms with Crippen LogP contribution in [0, 0.1) is 5.92 Å². The molecule has 0 saturated carbocycles. The van der Waals surface area contributed by atoms with Crippen molar-refractivity contribution in [2.24, 2.45) is 5.92 Å². The van der Waals surface area contributed by atoms with E-state index in [0.29, 0.717) is 38.2 Å². The number of ether oxygens (including phenoxy) is 3. The summed E-state index contributed by atoms with van der Waals surface area (Å²) in [5.74, 6) is 0.1000. The molecule has 3 aromatic carbocycles. The summed E-state index contributed by atoms with van der Waals surface area (Å²) in [4.78, 5) is 28.8. The number of benzene rings is 3. The Hall–Kier alpha value is -3.48. The predicted molar refractivity (Wildman–Crippen MR) is 142 cm³/mol. The number of ketones is 1. The highest BCUT2D eigenvalue weighted by Gasteiger charge is 2.46. The molecule has 3 saturated heterocycles. The van der Waals surface area contributed by atoms with E-state index in [0.717, 1.165) is 18.4 Å². The molecular formula is C32H31NO5. The standard InChI is InChI=1S/C32H31NO5/c34-30(20-6-5-7-21(16-20)31-36-14-15-37-31)22-17-23-12-13-24(18-22)33(23)32(35)38-19-29-27-10-3-1-8-25(27)26-9-2-4-11-28(26)29/h1-11,16,22-24,29,31H,12-15,17-19H2. The lowest BCUT2D eigenvalue weighted by Gasteiger charge is -2.37. The van der Waals surface area contributed by atoms with Crippen LogP contribution in [0.1, 0.15) is 64.9 Å². The topological polar surface area (TPSA) is 65.1 Å². The summed E-state index contributed by atoms with van der Waals surface area (Å²) in [5.41, 5.74) is 6.44. The lowest BCUT2D eigenvalue weighted by Crippen LogP contribution is -2.48. The average molecular weight is 510 g/mol. The molecule has 1 amide bonds. The molecule has 7 rings (SSSR count). The van der Waals surface area contributed by atoms with E-state index >= 15 is 0 Å². The van der Waals surface area contributed by atoms with Gasteiger partial charge in [-0.15, -0.1) is 0 Å². The van der Waals surface area contributed by atoms with Gasteiger partial charge in [-0.2, -0.15) is 0 Å². The zero-order chi connectivity index (χ0) is 25.6. The molecule has 0 N–H and O–H groups in total. The van der Waals surface area contributed by atoms with Gasteiger partial charge >= 0.3 is 6.09 Å². The summed E-state index contributed by atoms with van der Waals surface area (Å²) in [6.45, 7) is 1.46. The van der Waals surface area contributed by atoms with Crippen LogP contribution >= 0.6 is 0 Å². The number of amides is 1. The minimum absolute atomic E-state index is 0.0445. The molecule has 3 heterocycles. The van der Waals surface area contributed by atoms with Crippen LogP contribution in [0.15, 0.2) is 72.8 Å². The first-order valence-corrected chi connectivity index (χ1v) is 13.7. The van der Waals surface area contributed by atoms with Crippen LogP contribution in [-0.2, 0) is 14.2 Å². The van der Waals surface area contributed by atoms with Gasteiger partial charge in [0, 0.05) is 35.0 Å². The predicted octanol–water partition coefficient (Wildman–Crippen LogP) is 6.11. The van der Waals surface area contributed by atoms with Crippen LogP contribution in [0.5, 0.6) is 0 Å². The quantitative estimate of drug-likeness (QED) is 0.389. The fraction of sp³-hybridized carbons (Fsp3) is 0.375. The van der Waals surface area contributed by atoms with Gasteiger partial charge in [-0.25, -0.2) is 4.79 Å². The summed E-state index contributed by atoms with van der Waals surface area (Å²) in [6.07, 6.45) is 2.56. The summed E-state index contributed by atoms with van der Waals surface area (Å²) < 4.78 is 17.2. The van der Waals surface area contributed by atoms with Gasteiger partial charge in [-0.1, -0.05) is 66.7 Å². The number of fused-ring (bicyclic) bond motifs is 5. The normalized spacial score (nSPS) is 24.3. The third kappa shape index (κ3) is 4.03. The van der Waals surface area contributed by atoms with Crippen molar-refractivity contribution < 1.29 is 23.8 Å². The van der Waals surface area contributed by atoms with E-state index in [1.165, 1.54) is 22.3 Å². The van der Waals surface area contributed by atoms with Crippen LogP contribution in [0.2, 0.25) is 0 Å². The van der Waals surface area contributed by atoms with Crippen molar-refractivity contribution >= 4 is 11.9 Å². The summed E-state index contributed by atoms with van der Waals surface area (Å²) >= 11 is 0. The second-order valence-electron chi connectivity index (χ2n) is 10.8. The Kier molecular flexibility index (Phi) is 6.02. The highest BCUT2D eigenvalue weighted by atomic mass is 16.7. The Balaban J connectivity index is 1.02. The van der Waals surface area contributed by atoms with E-state index < -0.39 is 6.29 Å². The number of nitrogens with zero attached hydrogens (tertiary/aromatic N) is 1. The van der Waals surface area contributed by atoms with Crippen molar-refractivity contribution in [2.45, 2.75) is 50.0 Å². The molecule has 0 aromatic heterocycles. The van der Waals surface area contributed by atoms with Crippen LogP contribution < -0.4 is 0 Å². The van der Waals surface area contributed by atoms with Gasteiger partial charge in [0.1, 0.15) is 6.61 Å². The molecule has 0 spiro atoms. The van der Waals surface area contributed by atoms with Crippen molar-refractivity contribution in [3.05, 3.63) is 95.1 Å². The second kappa shape index (κ2) is 9.68. The minimum Gasteiger partial charge on any atom is -0.448 e. The molecule has 2 atom stereocenters. The van der Waals surface area contributed by atoms with Crippen molar-refractivity contribution in [1.82, 2.24) is 4.90 Å². The first-order valence-electron chi connectivity index (χ1n) is 13.7. The van der Waals surface area contributed by atoms with Crippen LogP contribution in [0.4, 0.5) is 4.79 Å². The third-order valence-corrected chi connectivity index (χ3v) is 8.72. The highest BCUT2D eigenvalue weighted by molar-refractivity contribution is 5.98. The molecule has 4 aliphatic rings. The molecular weight excluding hydrogens is 478 g/mol. The van der Waals surface area contributed by atoms with Crippen molar-refractivity contribution in [1.29, 1.82) is 0 Å². The molecule has 3 aromatic rings.